The van der Waals surface area contributed by atoms with Crippen LogP contribution in [0.25, 0.3) is 5.65 Å². The van der Waals surface area contributed by atoms with Gasteiger partial charge in [0.1, 0.15) is 11.9 Å². The quantitative estimate of drug-likeness (QED) is 0.148. The molecule has 3 heterocycles. The first-order valence-corrected chi connectivity index (χ1v) is 18.4. The number of nitrogens with zero attached hydrogens (tertiary/aromatic N) is 5. The Morgan fingerprint density at radius 3 is 2.43 bits per heavy atom. The average Bonchev–Trinajstić information content (AvgIpc) is 3.49. The first-order chi connectivity index (χ1) is 23.5. The second-order valence-electron chi connectivity index (χ2n) is 14.4. The Balaban J connectivity index is 1.16. The van der Waals surface area contributed by atoms with Gasteiger partial charge in [0.05, 0.1) is 30.7 Å². The second kappa shape index (κ2) is 14.8. The molecule has 0 saturated carbocycles. The molecule has 2 atom stereocenters. The first kappa shape index (κ1) is 34.7. The number of carbonyl (C=O) groups excluding carboxylic acids is 1. The standard InChI is InChI=1S/C37H50N8O3S/c1-37(2,3)25-20-30(34(47-6)31(21-25)42-49-7)39-35(46)38-29-13-14-32(28-11-9-8-10-27(28)29)48-26-12-15-33-40-41-36(45(33)23-26)44-18-16-24(17-19-44)22-43(4)5/h8-12,15,20-21,23-24,29,32,42H,13-14,16-19,22H2,1-7H3,(H2,38,39,46). The summed E-state index contributed by atoms with van der Waals surface area (Å²) in [6, 6.07) is 15.8. The summed E-state index contributed by atoms with van der Waals surface area (Å²) in [6.45, 7) is 9.50. The van der Waals surface area contributed by atoms with Gasteiger partial charge in [0.2, 0.25) is 5.95 Å². The van der Waals surface area contributed by atoms with Crippen molar-refractivity contribution in [2.45, 2.75) is 64.0 Å². The molecule has 49 heavy (non-hydrogen) atoms. The van der Waals surface area contributed by atoms with Gasteiger partial charge in [-0.05, 0) is 92.1 Å². The first-order valence-electron chi connectivity index (χ1n) is 17.1. The molecule has 1 aliphatic carbocycles. The van der Waals surface area contributed by atoms with E-state index < -0.39 is 0 Å². The van der Waals surface area contributed by atoms with Gasteiger partial charge in [-0.2, -0.15) is 0 Å². The Hall–Kier alpha value is -4.16. The molecule has 11 nitrogen and oxygen atoms in total. The van der Waals surface area contributed by atoms with Crippen LogP contribution in [0, 0.1) is 5.92 Å². The number of fused-ring (bicyclic) bond motifs is 2. The van der Waals surface area contributed by atoms with E-state index in [1.807, 2.05) is 47.2 Å². The average molecular weight is 687 g/mol. The van der Waals surface area contributed by atoms with E-state index in [0.717, 1.165) is 85.0 Å². The smallest absolute Gasteiger partial charge is 0.319 e. The zero-order valence-electron chi connectivity index (χ0n) is 29.7. The summed E-state index contributed by atoms with van der Waals surface area (Å²) in [5.41, 5.74) is 5.35. The summed E-state index contributed by atoms with van der Waals surface area (Å²) in [6.07, 6.45) is 7.58. The lowest BCUT2D eigenvalue weighted by Gasteiger charge is -2.33. The number of hydrogen-bond donors (Lipinski definition) is 3. The lowest BCUT2D eigenvalue weighted by molar-refractivity contribution is 0.171. The summed E-state index contributed by atoms with van der Waals surface area (Å²) >= 11 is 1.48. The number of hydrogen-bond acceptors (Lipinski definition) is 9. The largest absolute Gasteiger partial charge is 0.492 e. The van der Waals surface area contributed by atoms with Crippen molar-refractivity contribution in [1.29, 1.82) is 0 Å². The predicted octanol–water partition coefficient (Wildman–Crippen LogP) is 7.28. The van der Waals surface area contributed by atoms with Crippen molar-refractivity contribution in [3.05, 3.63) is 71.4 Å². The van der Waals surface area contributed by atoms with E-state index in [0.29, 0.717) is 17.4 Å². The van der Waals surface area contributed by atoms with Gasteiger partial charge in [-0.1, -0.05) is 57.0 Å². The van der Waals surface area contributed by atoms with Crippen LogP contribution >= 0.6 is 11.9 Å². The highest BCUT2D eigenvalue weighted by molar-refractivity contribution is 7.99. The summed E-state index contributed by atoms with van der Waals surface area (Å²) in [7, 11) is 5.91. The molecular weight excluding hydrogens is 637 g/mol. The van der Waals surface area contributed by atoms with Crippen molar-refractivity contribution < 1.29 is 14.3 Å². The minimum Gasteiger partial charge on any atom is -0.492 e. The highest BCUT2D eigenvalue weighted by Crippen LogP contribution is 2.41. The van der Waals surface area contributed by atoms with Crippen LogP contribution in [0.3, 0.4) is 0 Å². The Kier molecular flexibility index (Phi) is 10.4. The number of piperidine rings is 1. The van der Waals surface area contributed by atoms with Crippen LogP contribution < -0.4 is 29.7 Å². The van der Waals surface area contributed by atoms with Crippen LogP contribution in [0.4, 0.5) is 22.1 Å². The van der Waals surface area contributed by atoms with E-state index in [1.165, 1.54) is 11.9 Å². The van der Waals surface area contributed by atoms with Gasteiger partial charge in [-0.15, -0.1) is 10.2 Å². The monoisotopic (exact) mass is 686 g/mol. The molecule has 6 rings (SSSR count). The maximum Gasteiger partial charge on any atom is 0.319 e. The van der Waals surface area contributed by atoms with E-state index in [1.54, 1.807) is 7.11 Å². The molecule has 0 bridgehead atoms. The molecule has 3 N–H and O–H groups in total. The SMILES string of the molecule is COc1c(NSC)cc(C(C)(C)C)cc1NC(=O)NC1CCC(Oc2ccc3nnc(N4CCC(CN(C)C)CC4)n3c2)c2ccccc21. The number of nitrogens with one attached hydrogen (secondary N) is 3. The maximum atomic E-state index is 13.5. The fraction of sp³-hybridized carbons (Fsp3) is 0.486. The molecule has 1 saturated heterocycles. The Morgan fingerprint density at radius 2 is 1.73 bits per heavy atom. The number of benzene rings is 2. The molecule has 2 unspecified atom stereocenters. The number of urea groups is 1. The Labute approximate surface area is 294 Å². The lowest BCUT2D eigenvalue weighted by atomic mass is 9.85. The van der Waals surface area contributed by atoms with Gasteiger partial charge in [0.25, 0.3) is 0 Å². The lowest BCUT2D eigenvalue weighted by Crippen LogP contribution is -2.38. The molecule has 2 amide bonds. The van der Waals surface area contributed by atoms with Crippen molar-refractivity contribution in [3.8, 4) is 11.5 Å². The minimum absolute atomic E-state index is 0.116. The molecule has 4 aromatic rings. The van der Waals surface area contributed by atoms with Crippen LogP contribution in [-0.4, -0.2) is 72.6 Å². The Bertz CT molecular complexity index is 1760. The van der Waals surface area contributed by atoms with Gasteiger partial charge in [-0.3, -0.25) is 4.40 Å². The number of pyridine rings is 1. The second-order valence-corrected chi connectivity index (χ2v) is 15.0. The fourth-order valence-corrected chi connectivity index (χ4v) is 7.41. The van der Waals surface area contributed by atoms with Gasteiger partial charge in [0.15, 0.2) is 11.4 Å². The molecule has 2 aromatic heterocycles. The number of methoxy groups -OCH3 is 1. The van der Waals surface area contributed by atoms with Gasteiger partial charge in [0, 0.05) is 25.9 Å². The zero-order chi connectivity index (χ0) is 34.7. The van der Waals surface area contributed by atoms with Crippen LogP contribution in [0.2, 0.25) is 0 Å². The molecule has 262 valence electrons. The third kappa shape index (κ3) is 7.86. The van der Waals surface area contributed by atoms with E-state index in [4.69, 9.17) is 9.47 Å². The van der Waals surface area contributed by atoms with Gasteiger partial charge < -0.3 is 34.6 Å². The van der Waals surface area contributed by atoms with Crippen LogP contribution in [-0.2, 0) is 5.41 Å². The van der Waals surface area contributed by atoms with E-state index in [-0.39, 0.29) is 23.6 Å². The van der Waals surface area contributed by atoms with E-state index in [9.17, 15) is 4.79 Å². The molecule has 12 heteroatoms. The summed E-state index contributed by atoms with van der Waals surface area (Å²) in [5, 5.41) is 15.3. The number of amides is 2. The minimum atomic E-state index is -0.282. The highest BCUT2D eigenvalue weighted by Gasteiger charge is 2.30. The summed E-state index contributed by atoms with van der Waals surface area (Å²) < 4.78 is 17.8. The van der Waals surface area contributed by atoms with Gasteiger partial charge >= 0.3 is 6.03 Å². The molecule has 2 aliphatic rings. The maximum absolute atomic E-state index is 13.5. The fourth-order valence-electron chi connectivity index (χ4n) is 7.04. The molecule has 0 radical (unpaired) electrons. The number of carbonyl (C=O) groups is 1. The van der Waals surface area contributed by atoms with E-state index in [2.05, 4.69) is 88.4 Å². The third-order valence-electron chi connectivity index (χ3n) is 9.52. The summed E-state index contributed by atoms with van der Waals surface area (Å²) in [4.78, 5) is 18.1. The van der Waals surface area contributed by atoms with Crippen molar-refractivity contribution in [1.82, 2.24) is 24.8 Å². The van der Waals surface area contributed by atoms with Crippen molar-refractivity contribution in [2.75, 3.05) is 62.0 Å². The number of rotatable bonds is 10. The molecule has 0 spiro atoms. The van der Waals surface area contributed by atoms with Crippen molar-refractivity contribution in [3.63, 3.8) is 0 Å². The number of anilines is 3. The normalized spacial score (nSPS) is 18.3. The van der Waals surface area contributed by atoms with Crippen molar-refractivity contribution in [2.24, 2.45) is 5.92 Å². The molecule has 1 fully saturated rings. The molecule has 1 aliphatic heterocycles. The van der Waals surface area contributed by atoms with Gasteiger partial charge in [-0.25, -0.2) is 4.79 Å². The van der Waals surface area contributed by atoms with E-state index >= 15 is 0 Å². The number of aromatic nitrogens is 3. The molecule has 2 aromatic carbocycles. The third-order valence-corrected chi connectivity index (χ3v) is 9.94. The highest BCUT2D eigenvalue weighted by atomic mass is 32.2. The zero-order valence-corrected chi connectivity index (χ0v) is 30.6. The van der Waals surface area contributed by atoms with Crippen LogP contribution in [0.15, 0.2) is 54.7 Å². The Morgan fingerprint density at radius 1 is 1.00 bits per heavy atom. The predicted molar refractivity (Wildman–Crippen MR) is 199 cm³/mol. The van der Waals surface area contributed by atoms with Crippen LogP contribution in [0.5, 0.6) is 11.5 Å². The number of ether oxygens (including phenoxy) is 2. The molecular formula is C37H50N8O3S. The van der Waals surface area contributed by atoms with Crippen molar-refractivity contribution >= 4 is 40.9 Å². The summed E-state index contributed by atoms with van der Waals surface area (Å²) in [5.74, 6) is 2.93. The van der Waals surface area contributed by atoms with Crippen LogP contribution in [0.1, 0.15) is 75.3 Å². The topological polar surface area (TPSA) is 108 Å².